The number of carbonyl (C=O) groups excluding carboxylic acids is 1. The van der Waals surface area contributed by atoms with Crippen molar-refractivity contribution in [2.45, 2.75) is 6.61 Å². The molecule has 1 fully saturated rings. The predicted octanol–water partition coefficient (Wildman–Crippen LogP) is 2.05. The summed E-state index contributed by atoms with van der Waals surface area (Å²) in [6.45, 7) is -0.858. The van der Waals surface area contributed by atoms with Gasteiger partial charge in [-0.2, -0.15) is 13.8 Å². The molecule has 0 saturated carbocycles. The quantitative estimate of drug-likeness (QED) is 0.809. The highest BCUT2D eigenvalue weighted by atomic mass is 19.3. The summed E-state index contributed by atoms with van der Waals surface area (Å²) in [5.41, 5.74) is 0.314. The Morgan fingerprint density at radius 3 is 2.65 bits per heavy atom. The molecular formula is C17H18F2N4O3. The first-order chi connectivity index (χ1) is 12.6. The van der Waals surface area contributed by atoms with Crippen LogP contribution >= 0.6 is 0 Å². The van der Waals surface area contributed by atoms with Crippen LogP contribution in [-0.2, 0) is 0 Å². The van der Waals surface area contributed by atoms with E-state index in [9.17, 15) is 13.6 Å². The molecule has 2 aromatic rings. The number of amides is 1. The molecule has 0 N–H and O–H groups in total. The summed E-state index contributed by atoms with van der Waals surface area (Å²) in [4.78, 5) is 24.7. The minimum atomic E-state index is -2.92. The number of hydrogen-bond acceptors (Lipinski definition) is 6. The largest absolute Gasteiger partial charge is 0.481 e. The number of piperazine rings is 1. The van der Waals surface area contributed by atoms with Gasteiger partial charge in [0, 0.05) is 44.0 Å². The molecule has 2 heterocycles. The summed E-state index contributed by atoms with van der Waals surface area (Å²) < 4.78 is 34.1. The molecule has 0 radical (unpaired) electrons. The van der Waals surface area contributed by atoms with Crippen LogP contribution in [-0.4, -0.2) is 60.7 Å². The lowest BCUT2D eigenvalue weighted by atomic mass is 10.1. The van der Waals surface area contributed by atoms with Crippen molar-refractivity contribution < 1.29 is 23.0 Å². The number of alkyl halides is 2. The van der Waals surface area contributed by atoms with Gasteiger partial charge in [-0.3, -0.25) is 4.79 Å². The molecule has 0 aliphatic carbocycles. The second-order valence-corrected chi connectivity index (χ2v) is 5.58. The highest BCUT2D eigenvalue weighted by molar-refractivity contribution is 5.94. The average Bonchev–Trinajstić information content (AvgIpc) is 2.67. The molecule has 26 heavy (non-hydrogen) atoms. The predicted molar refractivity (Wildman–Crippen MR) is 89.8 cm³/mol. The lowest BCUT2D eigenvalue weighted by Crippen LogP contribution is -2.49. The molecule has 0 bridgehead atoms. The number of hydrogen-bond donors (Lipinski definition) is 0. The van der Waals surface area contributed by atoms with Crippen molar-refractivity contribution in [3.05, 3.63) is 42.1 Å². The minimum absolute atomic E-state index is 0.0331. The van der Waals surface area contributed by atoms with Crippen LogP contribution in [0.4, 0.5) is 14.7 Å². The number of anilines is 1. The lowest BCUT2D eigenvalue weighted by Gasteiger charge is -2.34. The topological polar surface area (TPSA) is 67.8 Å². The van der Waals surface area contributed by atoms with Crippen LogP contribution < -0.4 is 14.4 Å². The van der Waals surface area contributed by atoms with Gasteiger partial charge in [-0.15, -0.1) is 0 Å². The Morgan fingerprint density at radius 2 is 1.96 bits per heavy atom. The second-order valence-electron chi connectivity index (χ2n) is 5.58. The lowest BCUT2D eigenvalue weighted by molar-refractivity contribution is -0.0499. The fraction of sp³-hybridized carbons (Fsp3) is 0.353. The average molecular weight is 364 g/mol. The monoisotopic (exact) mass is 364 g/mol. The van der Waals surface area contributed by atoms with Crippen LogP contribution in [0.2, 0.25) is 0 Å². The zero-order valence-electron chi connectivity index (χ0n) is 14.1. The number of benzene rings is 1. The normalized spacial score (nSPS) is 14.5. The Balaban J connectivity index is 1.63. The number of rotatable bonds is 5. The number of aromatic nitrogens is 2. The fourth-order valence-corrected chi connectivity index (χ4v) is 2.70. The SMILES string of the molecule is COc1ccnc(N2CCN(C(=O)c3cccc(OC(F)F)c3)CC2)n1. The molecular weight excluding hydrogens is 346 g/mol. The molecule has 7 nitrogen and oxygen atoms in total. The molecule has 1 aromatic heterocycles. The third-order valence-corrected chi connectivity index (χ3v) is 3.98. The van der Waals surface area contributed by atoms with Crippen molar-refractivity contribution in [3.63, 3.8) is 0 Å². The molecule has 0 atom stereocenters. The number of carbonyl (C=O) groups is 1. The van der Waals surface area contributed by atoms with Gasteiger partial charge in [0.2, 0.25) is 11.8 Å². The maximum Gasteiger partial charge on any atom is 0.387 e. The van der Waals surface area contributed by atoms with Gasteiger partial charge in [0.1, 0.15) is 5.75 Å². The van der Waals surface area contributed by atoms with E-state index in [-0.39, 0.29) is 11.7 Å². The van der Waals surface area contributed by atoms with E-state index >= 15 is 0 Å². The number of ether oxygens (including phenoxy) is 2. The third kappa shape index (κ3) is 4.16. The van der Waals surface area contributed by atoms with E-state index in [0.29, 0.717) is 43.6 Å². The van der Waals surface area contributed by atoms with Gasteiger partial charge in [0.05, 0.1) is 7.11 Å². The molecule has 0 spiro atoms. The second kappa shape index (κ2) is 7.94. The van der Waals surface area contributed by atoms with Crippen molar-refractivity contribution in [1.29, 1.82) is 0 Å². The Morgan fingerprint density at radius 1 is 1.19 bits per heavy atom. The summed E-state index contributed by atoms with van der Waals surface area (Å²) in [5, 5.41) is 0. The van der Waals surface area contributed by atoms with Gasteiger partial charge in [-0.05, 0) is 18.2 Å². The first-order valence-corrected chi connectivity index (χ1v) is 8.03. The van der Waals surface area contributed by atoms with E-state index < -0.39 is 6.61 Å². The number of nitrogens with zero attached hydrogens (tertiary/aromatic N) is 4. The fourth-order valence-electron chi connectivity index (χ4n) is 2.70. The van der Waals surface area contributed by atoms with Gasteiger partial charge in [0.15, 0.2) is 0 Å². The summed E-state index contributed by atoms with van der Waals surface area (Å²) in [6, 6.07) is 7.48. The summed E-state index contributed by atoms with van der Waals surface area (Å²) in [6.07, 6.45) is 1.62. The molecule has 138 valence electrons. The van der Waals surface area contributed by atoms with Crippen LogP contribution in [0.25, 0.3) is 0 Å². The third-order valence-electron chi connectivity index (χ3n) is 3.98. The Kier molecular flexibility index (Phi) is 5.45. The number of methoxy groups -OCH3 is 1. The van der Waals surface area contributed by atoms with Crippen molar-refractivity contribution in [2.75, 3.05) is 38.2 Å². The maximum atomic E-state index is 12.6. The molecule has 1 aliphatic rings. The molecule has 1 saturated heterocycles. The molecule has 0 unspecified atom stereocenters. The summed E-state index contributed by atoms with van der Waals surface area (Å²) in [5.74, 6) is 0.762. The van der Waals surface area contributed by atoms with Crippen LogP contribution in [0.15, 0.2) is 36.5 Å². The van der Waals surface area contributed by atoms with Gasteiger partial charge in [-0.1, -0.05) is 6.07 Å². The van der Waals surface area contributed by atoms with Crippen molar-refractivity contribution in [3.8, 4) is 11.6 Å². The standard InChI is InChI=1S/C17H18F2N4O3/c1-25-14-5-6-20-17(21-14)23-9-7-22(8-10-23)15(24)12-3-2-4-13(11-12)26-16(18)19/h2-6,11,16H,7-10H2,1H3. The number of halogens is 2. The van der Waals surface area contributed by atoms with Gasteiger partial charge in [-0.25, -0.2) is 4.98 Å². The van der Waals surface area contributed by atoms with E-state index in [1.165, 1.54) is 25.3 Å². The van der Waals surface area contributed by atoms with E-state index in [1.54, 1.807) is 23.2 Å². The first-order valence-electron chi connectivity index (χ1n) is 8.03. The van der Waals surface area contributed by atoms with Crippen LogP contribution in [0.5, 0.6) is 11.6 Å². The van der Waals surface area contributed by atoms with E-state index in [4.69, 9.17) is 4.74 Å². The summed E-state index contributed by atoms with van der Waals surface area (Å²) in [7, 11) is 1.54. The Bertz CT molecular complexity index is 767. The molecule has 9 heteroatoms. The zero-order valence-corrected chi connectivity index (χ0v) is 14.1. The highest BCUT2D eigenvalue weighted by Gasteiger charge is 2.24. The van der Waals surface area contributed by atoms with Crippen molar-refractivity contribution in [1.82, 2.24) is 14.9 Å². The smallest absolute Gasteiger partial charge is 0.387 e. The van der Waals surface area contributed by atoms with Crippen LogP contribution in [0.3, 0.4) is 0 Å². The van der Waals surface area contributed by atoms with E-state index in [0.717, 1.165) is 0 Å². The van der Waals surface area contributed by atoms with Gasteiger partial charge < -0.3 is 19.3 Å². The van der Waals surface area contributed by atoms with Crippen LogP contribution in [0, 0.1) is 0 Å². The van der Waals surface area contributed by atoms with E-state index in [1.807, 2.05) is 4.90 Å². The molecule has 1 amide bonds. The molecule has 3 rings (SSSR count). The Hall–Kier alpha value is -2.97. The van der Waals surface area contributed by atoms with Crippen LogP contribution in [0.1, 0.15) is 10.4 Å². The van der Waals surface area contributed by atoms with Crippen molar-refractivity contribution in [2.24, 2.45) is 0 Å². The van der Waals surface area contributed by atoms with Gasteiger partial charge in [0.25, 0.3) is 5.91 Å². The Labute approximate surface area is 149 Å². The first kappa shape index (κ1) is 17.8. The van der Waals surface area contributed by atoms with Crippen molar-refractivity contribution >= 4 is 11.9 Å². The molecule has 1 aliphatic heterocycles. The summed E-state index contributed by atoms with van der Waals surface area (Å²) >= 11 is 0. The minimum Gasteiger partial charge on any atom is -0.481 e. The molecule has 1 aromatic carbocycles. The van der Waals surface area contributed by atoms with Gasteiger partial charge >= 0.3 is 6.61 Å². The zero-order chi connectivity index (χ0) is 18.5. The highest BCUT2D eigenvalue weighted by Crippen LogP contribution is 2.19. The van der Waals surface area contributed by atoms with E-state index in [2.05, 4.69) is 14.7 Å². The maximum absolute atomic E-state index is 12.6.